The first kappa shape index (κ1) is 17.9. The Hall–Kier alpha value is -1.43. The van der Waals surface area contributed by atoms with Crippen LogP contribution < -0.4 is 5.32 Å². The van der Waals surface area contributed by atoms with E-state index in [0.717, 1.165) is 22.6 Å². The first-order valence-corrected chi connectivity index (χ1v) is 9.09. The fraction of sp³-hybridized carbons (Fsp3) is 0.353. The van der Waals surface area contributed by atoms with E-state index < -0.39 is 12.0 Å². The number of hydrogen-bond donors (Lipinski definition) is 2. The Labute approximate surface area is 145 Å². The van der Waals surface area contributed by atoms with Gasteiger partial charge in [0.2, 0.25) is 0 Å². The van der Waals surface area contributed by atoms with Crippen molar-refractivity contribution in [1.29, 1.82) is 0 Å². The van der Waals surface area contributed by atoms with Gasteiger partial charge in [-0.3, -0.25) is 10.1 Å². The molecule has 2 aromatic rings. The van der Waals surface area contributed by atoms with Crippen LogP contribution >= 0.6 is 23.4 Å². The van der Waals surface area contributed by atoms with Gasteiger partial charge in [0.05, 0.1) is 6.54 Å². The van der Waals surface area contributed by atoms with E-state index in [0.29, 0.717) is 23.7 Å². The molecule has 124 valence electrons. The van der Waals surface area contributed by atoms with Gasteiger partial charge in [0.25, 0.3) is 0 Å². The van der Waals surface area contributed by atoms with E-state index >= 15 is 0 Å². The molecule has 0 bridgehead atoms. The third-order valence-corrected chi connectivity index (χ3v) is 4.68. The Balaban J connectivity index is 2.04. The molecule has 0 spiro atoms. The molecule has 0 radical (unpaired) electrons. The van der Waals surface area contributed by atoms with E-state index in [1.54, 1.807) is 11.8 Å². The molecular weight excluding hydrogens is 334 g/mol. The second-order valence-corrected chi connectivity index (χ2v) is 6.62. The van der Waals surface area contributed by atoms with E-state index in [2.05, 4.69) is 5.32 Å². The molecule has 2 rings (SSSR count). The number of hydrogen-bond acceptors (Lipinski definition) is 4. The van der Waals surface area contributed by atoms with Gasteiger partial charge in [-0.2, -0.15) is 11.8 Å². The first-order valence-electron chi connectivity index (χ1n) is 7.32. The molecule has 0 aliphatic heterocycles. The van der Waals surface area contributed by atoms with Crippen LogP contribution in [0, 0.1) is 6.92 Å². The van der Waals surface area contributed by atoms with Crippen molar-refractivity contribution in [3.05, 3.63) is 46.7 Å². The van der Waals surface area contributed by atoms with Crippen LogP contribution in [0.5, 0.6) is 0 Å². The van der Waals surface area contributed by atoms with Crippen molar-refractivity contribution in [2.45, 2.75) is 25.9 Å². The minimum atomic E-state index is -0.837. The van der Waals surface area contributed by atoms with Gasteiger partial charge in [0, 0.05) is 10.6 Å². The molecule has 1 heterocycles. The molecule has 23 heavy (non-hydrogen) atoms. The van der Waals surface area contributed by atoms with Crippen molar-refractivity contribution in [1.82, 2.24) is 5.32 Å². The zero-order chi connectivity index (χ0) is 16.8. The average Bonchev–Trinajstić information content (AvgIpc) is 2.98. The Bertz CT molecular complexity index is 672. The lowest BCUT2D eigenvalue weighted by atomic mass is 10.1. The Morgan fingerprint density at radius 1 is 1.39 bits per heavy atom. The van der Waals surface area contributed by atoms with Gasteiger partial charge < -0.3 is 9.52 Å². The molecular formula is C17H20ClNO3S. The number of carboxylic acids is 1. The van der Waals surface area contributed by atoms with Gasteiger partial charge in [-0.1, -0.05) is 23.7 Å². The second kappa shape index (κ2) is 8.43. The van der Waals surface area contributed by atoms with Crippen LogP contribution in [0.2, 0.25) is 5.02 Å². The van der Waals surface area contributed by atoms with Gasteiger partial charge in [0.15, 0.2) is 0 Å². The fourth-order valence-corrected chi connectivity index (χ4v) is 2.91. The van der Waals surface area contributed by atoms with Crippen molar-refractivity contribution in [3.8, 4) is 11.3 Å². The third kappa shape index (κ3) is 4.77. The van der Waals surface area contributed by atoms with Crippen LogP contribution in [0.3, 0.4) is 0 Å². The number of aliphatic carboxylic acids is 1. The highest BCUT2D eigenvalue weighted by Gasteiger charge is 2.17. The third-order valence-electron chi connectivity index (χ3n) is 3.63. The molecule has 1 aromatic heterocycles. The molecule has 4 nitrogen and oxygen atoms in total. The number of halogens is 1. The lowest BCUT2D eigenvalue weighted by molar-refractivity contribution is -0.139. The summed E-state index contributed by atoms with van der Waals surface area (Å²) in [5.41, 5.74) is 1.91. The maximum absolute atomic E-state index is 11.2. The Morgan fingerprint density at radius 3 is 2.87 bits per heavy atom. The normalized spacial score (nSPS) is 12.3. The zero-order valence-corrected chi connectivity index (χ0v) is 14.7. The number of carbonyl (C=O) groups is 1. The van der Waals surface area contributed by atoms with E-state index in [-0.39, 0.29) is 0 Å². The number of benzene rings is 1. The maximum atomic E-state index is 11.2. The first-order chi connectivity index (χ1) is 11.0. The van der Waals surface area contributed by atoms with Crippen molar-refractivity contribution in [2.24, 2.45) is 0 Å². The maximum Gasteiger partial charge on any atom is 0.320 e. The molecule has 0 saturated carbocycles. The molecule has 0 aliphatic rings. The molecule has 1 aromatic carbocycles. The van der Waals surface area contributed by atoms with E-state index in [4.69, 9.17) is 16.0 Å². The van der Waals surface area contributed by atoms with Crippen LogP contribution in [0.1, 0.15) is 17.7 Å². The number of rotatable bonds is 8. The van der Waals surface area contributed by atoms with E-state index in [1.807, 2.05) is 43.5 Å². The Morgan fingerprint density at radius 2 is 2.17 bits per heavy atom. The zero-order valence-electron chi connectivity index (χ0n) is 13.1. The summed E-state index contributed by atoms with van der Waals surface area (Å²) in [6.45, 7) is 2.33. The van der Waals surface area contributed by atoms with Crippen molar-refractivity contribution in [2.75, 3.05) is 12.0 Å². The summed E-state index contributed by atoms with van der Waals surface area (Å²) in [4.78, 5) is 11.2. The van der Waals surface area contributed by atoms with Gasteiger partial charge in [-0.25, -0.2) is 0 Å². The molecule has 0 fully saturated rings. The summed E-state index contributed by atoms with van der Waals surface area (Å²) < 4.78 is 5.82. The molecule has 0 saturated heterocycles. The minimum absolute atomic E-state index is 0.380. The molecule has 1 atom stereocenters. The van der Waals surface area contributed by atoms with Crippen LogP contribution in [-0.2, 0) is 11.3 Å². The summed E-state index contributed by atoms with van der Waals surface area (Å²) in [5.74, 6) is 1.40. The van der Waals surface area contributed by atoms with Crippen molar-refractivity contribution >= 4 is 29.3 Å². The topological polar surface area (TPSA) is 62.5 Å². The summed E-state index contributed by atoms with van der Waals surface area (Å²) in [5, 5.41) is 12.9. The quantitative estimate of drug-likeness (QED) is 0.744. The van der Waals surface area contributed by atoms with Crippen LogP contribution in [0.4, 0.5) is 0 Å². The summed E-state index contributed by atoms with van der Waals surface area (Å²) in [6, 6.07) is 8.85. The number of nitrogens with one attached hydrogen (secondary N) is 1. The standard InChI is InChI=1S/C17H20ClNO3S/c1-11-13(4-3-5-14(11)18)16-7-6-12(22-16)10-19-15(17(20)21)8-9-23-2/h3-7,15,19H,8-10H2,1-2H3,(H,20,21). The monoisotopic (exact) mass is 353 g/mol. The highest BCUT2D eigenvalue weighted by atomic mass is 35.5. The van der Waals surface area contributed by atoms with E-state index in [9.17, 15) is 9.90 Å². The molecule has 1 unspecified atom stereocenters. The van der Waals surface area contributed by atoms with Crippen LogP contribution in [0.25, 0.3) is 11.3 Å². The summed E-state index contributed by atoms with van der Waals surface area (Å²) in [7, 11) is 0. The second-order valence-electron chi connectivity index (χ2n) is 5.23. The lowest BCUT2D eigenvalue weighted by Crippen LogP contribution is -2.36. The van der Waals surface area contributed by atoms with Crippen LogP contribution in [-0.4, -0.2) is 29.1 Å². The molecule has 0 aliphatic carbocycles. The molecule has 2 N–H and O–H groups in total. The highest BCUT2D eigenvalue weighted by Crippen LogP contribution is 2.29. The van der Waals surface area contributed by atoms with Crippen LogP contribution in [0.15, 0.2) is 34.7 Å². The number of carboxylic acid groups (broad SMARTS) is 1. The Kier molecular flexibility index (Phi) is 6.57. The molecule has 6 heteroatoms. The lowest BCUT2D eigenvalue weighted by Gasteiger charge is -2.12. The van der Waals surface area contributed by atoms with Crippen molar-refractivity contribution in [3.63, 3.8) is 0 Å². The average molecular weight is 354 g/mol. The number of furan rings is 1. The van der Waals surface area contributed by atoms with E-state index in [1.165, 1.54) is 0 Å². The predicted octanol–water partition coefficient (Wildman–Crippen LogP) is 4.20. The number of thioether (sulfide) groups is 1. The van der Waals surface area contributed by atoms with Gasteiger partial charge in [-0.05, 0) is 49.1 Å². The summed E-state index contributed by atoms with van der Waals surface area (Å²) in [6.07, 6.45) is 2.54. The fourth-order valence-electron chi connectivity index (χ4n) is 2.26. The van der Waals surface area contributed by atoms with Gasteiger partial charge in [-0.15, -0.1) is 0 Å². The molecule has 0 amide bonds. The van der Waals surface area contributed by atoms with Gasteiger partial charge >= 0.3 is 5.97 Å². The largest absolute Gasteiger partial charge is 0.480 e. The summed E-state index contributed by atoms with van der Waals surface area (Å²) >= 11 is 7.77. The van der Waals surface area contributed by atoms with Crippen molar-refractivity contribution < 1.29 is 14.3 Å². The van der Waals surface area contributed by atoms with Gasteiger partial charge in [0.1, 0.15) is 17.6 Å². The minimum Gasteiger partial charge on any atom is -0.480 e. The SMILES string of the molecule is CSCCC(NCc1ccc(-c2cccc(Cl)c2C)o1)C(=O)O. The smallest absolute Gasteiger partial charge is 0.320 e. The predicted molar refractivity (Wildman–Crippen MR) is 95.2 cm³/mol. The highest BCUT2D eigenvalue weighted by molar-refractivity contribution is 7.98.